The first-order chi connectivity index (χ1) is 10.4. The number of urea groups is 1. The molecule has 6 heteroatoms. The predicted molar refractivity (Wildman–Crippen MR) is 82.1 cm³/mol. The number of carbonyl (C=O) groups excluding carboxylic acids is 2. The Bertz CT molecular complexity index is 581. The molecule has 22 heavy (non-hydrogen) atoms. The molecule has 1 aromatic rings. The van der Waals surface area contributed by atoms with E-state index in [9.17, 15) is 9.59 Å². The van der Waals surface area contributed by atoms with Crippen LogP contribution in [0.25, 0.3) is 0 Å². The van der Waals surface area contributed by atoms with Gasteiger partial charge in [-0.05, 0) is 24.3 Å². The smallest absolute Gasteiger partial charge is 0.325 e. The molecule has 120 valence electrons. The summed E-state index contributed by atoms with van der Waals surface area (Å²) in [5.74, 6) is -0.159. The van der Waals surface area contributed by atoms with E-state index in [0.29, 0.717) is 6.04 Å². The van der Waals surface area contributed by atoms with Crippen LogP contribution in [-0.2, 0) is 11.3 Å². The average molecular weight is 304 g/mol. The SMILES string of the molecule is CC(C)(C)[C@@H]1NC(=O)N(Cc2ccn(C3CCCC3)n2)C1=O. The van der Waals surface area contributed by atoms with E-state index in [4.69, 9.17) is 0 Å². The first-order valence-corrected chi connectivity index (χ1v) is 8.02. The third-order valence-electron chi connectivity index (χ3n) is 4.57. The van der Waals surface area contributed by atoms with E-state index in [2.05, 4.69) is 10.4 Å². The Morgan fingerprint density at radius 3 is 2.55 bits per heavy atom. The second kappa shape index (κ2) is 5.41. The highest BCUT2D eigenvalue weighted by Gasteiger charge is 2.44. The number of nitrogens with one attached hydrogen (secondary N) is 1. The maximum absolute atomic E-state index is 12.4. The molecular weight excluding hydrogens is 280 g/mol. The molecule has 6 nitrogen and oxygen atoms in total. The fraction of sp³-hybridized carbons (Fsp3) is 0.688. The zero-order valence-corrected chi connectivity index (χ0v) is 13.5. The Kier molecular flexibility index (Phi) is 3.70. The van der Waals surface area contributed by atoms with E-state index < -0.39 is 6.04 Å². The molecule has 1 aliphatic carbocycles. The van der Waals surface area contributed by atoms with E-state index in [1.54, 1.807) is 0 Å². The second-order valence-electron chi connectivity index (χ2n) is 7.40. The fourth-order valence-corrected chi connectivity index (χ4v) is 3.25. The molecule has 2 aliphatic rings. The number of hydrogen-bond donors (Lipinski definition) is 1. The predicted octanol–water partition coefficient (Wildman–Crippen LogP) is 2.46. The van der Waals surface area contributed by atoms with E-state index in [1.807, 2.05) is 37.7 Å². The van der Waals surface area contributed by atoms with Crippen molar-refractivity contribution in [2.45, 2.75) is 65.1 Å². The Hall–Kier alpha value is -1.85. The molecule has 0 unspecified atom stereocenters. The topological polar surface area (TPSA) is 67.2 Å². The van der Waals surface area contributed by atoms with Gasteiger partial charge in [-0.2, -0.15) is 5.10 Å². The van der Waals surface area contributed by atoms with Crippen LogP contribution >= 0.6 is 0 Å². The number of aromatic nitrogens is 2. The van der Waals surface area contributed by atoms with Gasteiger partial charge in [-0.1, -0.05) is 33.6 Å². The highest BCUT2D eigenvalue weighted by atomic mass is 16.2. The summed E-state index contributed by atoms with van der Waals surface area (Å²) in [6.45, 7) is 6.10. The molecule has 3 amide bonds. The van der Waals surface area contributed by atoms with Gasteiger partial charge >= 0.3 is 6.03 Å². The van der Waals surface area contributed by atoms with Gasteiger partial charge < -0.3 is 5.32 Å². The Morgan fingerprint density at radius 2 is 1.95 bits per heavy atom. The molecule has 0 aromatic carbocycles. The number of hydrogen-bond acceptors (Lipinski definition) is 3. The van der Waals surface area contributed by atoms with Crippen LogP contribution in [0, 0.1) is 5.41 Å². The van der Waals surface area contributed by atoms with Crippen LogP contribution in [0.3, 0.4) is 0 Å². The summed E-state index contributed by atoms with van der Waals surface area (Å²) in [6.07, 6.45) is 6.79. The highest BCUT2D eigenvalue weighted by Crippen LogP contribution is 2.29. The van der Waals surface area contributed by atoms with Crippen molar-refractivity contribution in [1.82, 2.24) is 20.0 Å². The lowest BCUT2D eigenvalue weighted by atomic mass is 9.87. The fourth-order valence-electron chi connectivity index (χ4n) is 3.25. The van der Waals surface area contributed by atoms with Crippen molar-refractivity contribution in [1.29, 1.82) is 0 Å². The quantitative estimate of drug-likeness (QED) is 0.872. The van der Waals surface area contributed by atoms with Crippen molar-refractivity contribution in [2.75, 3.05) is 0 Å². The molecule has 2 fully saturated rings. The Labute approximate surface area is 130 Å². The maximum atomic E-state index is 12.4. The van der Waals surface area contributed by atoms with Crippen molar-refractivity contribution in [2.24, 2.45) is 5.41 Å². The van der Waals surface area contributed by atoms with Gasteiger partial charge in [0.05, 0.1) is 18.3 Å². The van der Waals surface area contributed by atoms with Gasteiger partial charge in [0.2, 0.25) is 0 Å². The third kappa shape index (κ3) is 2.74. The van der Waals surface area contributed by atoms with Crippen molar-refractivity contribution in [3.05, 3.63) is 18.0 Å². The van der Waals surface area contributed by atoms with Gasteiger partial charge in [0.15, 0.2) is 0 Å². The van der Waals surface area contributed by atoms with Crippen LogP contribution < -0.4 is 5.32 Å². The third-order valence-corrected chi connectivity index (χ3v) is 4.57. The van der Waals surface area contributed by atoms with Gasteiger partial charge in [0.1, 0.15) is 6.04 Å². The van der Waals surface area contributed by atoms with Gasteiger partial charge in [0.25, 0.3) is 5.91 Å². The molecule has 1 atom stereocenters. The van der Waals surface area contributed by atoms with Crippen LogP contribution in [0.15, 0.2) is 12.3 Å². The monoisotopic (exact) mass is 304 g/mol. The van der Waals surface area contributed by atoms with Gasteiger partial charge in [-0.15, -0.1) is 0 Å². The van der Waals surface area contributed by atoms with E-state index in [1.165, 1.54) is 17.7 Å². The molecular formula is C16H24N4O2. The molecule has 1 saturated carbocycles. The number of rotatable bonds is 3. The summed E-state index contributed by atoms with van der Waals surface area (Å²) in [4.78, 5) is 25.8. The van der Waals surface area contributed by atoms with Crippen molar-refractivity contribution >= 4 is 11.9 Å². The van der Waals surface area contributed by atoms with Crippen LogP contribution in [0.5, 0.6) is 0 Å². The second-order valence-corrected chi connectivity index (χ2v) is 7.40. The largest absolute Gasteiger partial charge is 0.325 e. The van der Waals surface area contributed by atoms with E-state index in [0.717, 1.165) is 18.5 Å². The molecule has 1 saturated heterocycles. The first kappa shape index (κ1) is 15.1. The minimum Gasteiger partial charge on any atom is -0.325 e. The number of amides is 3. The maximum Gasteiger partial charge on any atom is 0.325 e. The highest BCUT2D eigenvalue weighted by molar-refractivity contribution is 6.04. The van der Waals surface area contributed by atoms with Gasteiger partial charge in [0, 0.05) is 6.20 Å². The molecule has 0 spiro atoms. The minimum atomic E-state index is -0.461. The van der Waals surface area contributed by atoms with Crippen molar-refractivity contribution in [3.63, 3.8) is 0 Å². The van der Waals surface area contributed by atoms with Gasteiger partial charge in [-0.25, -0.2) is 4.79 Å². The normalized spacial score (nSPS) is 23.4. The summed E-state index contributed by atoms with van der Waals surface area (Å²) < 4.78 is 1.99. The number of imide groups is 1. The van der Waals surface area contributed by atoms with Crippen molar-refractivity contribution < 1.29 is 9.59 Å². The van der Waals surface area contributed by atoms with Crippen LogP contribution in [0.4, 0.5) is 4.79 Å². The summed E-state index contributed by atoms with van der Waals surface area (Å²) >= 11 is 0. The molecule has 3 rings (SSSR count). The molecule has 0 radical (unpaired) electrons. The summed E-state index contributed by atoms with van der Waals surface area (Å²) in [7, 11) is 0. The molecule has 1 aliphatic heterocycles. The molecule has 2 heterocycles. The lowest BCUT2D eigenvalue weighted by molar-refractivity contribution is -0.129. The molecule has 1 N–H and O–H groups in total. The molecule has 0 bridgehead atoms. The van der Waals surface area contributed by atoms with Crippen LogP contribution in [-0.4, -0.2) is 32.7 Å². The minimum absolute atomic E-state index is 0.159. The standard InChI is InChI=1S/C16H24N4O2/c1-16(2,3)13-14(21)19(15(22)17-13)10-11-8-9-20(18-11)12-6-4-5-7-12/h8-9,12-13H,4-7,10H2,1-3H3,(H,17,22)/t13-/m1/s1. The van der Waals surface area contributed by atoms with E-state index >= 15 is 0 Å². The zero-order chi connectivity index (χ0) is 15.9. The molecule has 1 aromatic heterocycles. The Morgan fingerprint density at radius 1 is 1.27 bits per heavy atom. The van der Waals surface area contributed by atoms with Crippen molar-refractivity contribution in [3.8, 4) is 0 Å². The summed E-state index contributed by atoms with van der Waals surface area (Å²) in [6, 6.07) is 1.60. The first-order valence-electron chi connectivity index (χ1n) is 8.02. The number of carbonyl (C=O) groups is 2. The van der Waals surface area contributed by atoms with Crippen LogP contribution in [0.1, 0.15) is 58.2 Å². The summed E-state index contributed by atoms with van der Waals surface area (Å²) in [5.41, 5.74) is 0.481. The Balaban J connectivity index is 1.70. The average Bonchev–Trinajstić information content (AvgIpc) is 3.13. The van der Waals surface area contributed by atoms with E-state index in [-0.39, 0.29) is 23.9 Å². The number of nitrogens with zero attached hydrogens (tertiary/aromatic N) is 3. The summed E-state index contributed by atoms with van der Waals surface area (Å²) in [5, 5.41) is 7.33. The lowest BCUT2D eigenvalue weighted by Gasteiger charge is -2.24. The van der Waals surface area contributed by atoms with Crippen LogP contribution in [0.2, 0.25) is 0 Å². The van der Waals surface area contributed by atoms with Gasteiger partial charge in [-0.3, -0.25) is 14.4 Å². The zero-order valence-electron chi connectivity index (χ0n) is 13.5. The lowest BCUT2D eigenvalue weighted by Crippen LogP contribution is -2.41.